The van der Waals surface area contributed by atoms with Gasteiger partial charge < -0.3 is 5.73 Å². The molecule has 0 atom stereocenters. The number of anilines is 1. The summed E-state index contributed by atoms with van der Waals surface area (Å²) in [6, 6.07) is 10.2. The van der Waals surface area contributed by atoms with E-state index in [9.17, 15) is 4.39 Å². The van der Waals surface area contributed by atoms with E-state index in [4.69, 9.17) is 28.9 Å². The zero-order valence-corrected chi connectivity index (χ0v) is 11.6. The lowest BCUT2D eigenvalue weighted by Gasteiger charge is -2.08. The van der Waals surface area contributed by atoms with E-state index in [1.165, 1.54) is 17.8 Å². The van der Waals surface area contributed by atoms with E-state index in [0.29, 0.717) is 22.0 Å². The van der Waals surface area contributed by atoms with Gasteiger partial charge in [-0.1, -0.05) is 41.4 Å². The van der Waals surface area contributed by atoms with Crippen LogP contribution in [0.15, 0.2) is 41.3 Å². The van der Waals surface area contributed by atoms with Gasteiger partial charge in [-0.3, -0.25) is 0 Å². The summed E-state index contributed by atoms with van der Waals surface area (Å²) in [4.78, 5) is 0.763. The number of halogens is 3. The molecule has 0 spiro atoms. The highest BCUT2D eigenvalue weighted by atomic mass is 35.5. The topological polar surface area (TPSA) is 26.0 Å². The van der Waals surface area contributed by atoms with Crippen LogP contribution in [0, 0.1) is 5.82 Å². The highest BCUT2D eigenvalue weighted by molar-refractivity contribution is 7.98. The Morgan fingerprint density at radius 1 is 1.06 bits per heavy atom. The molecule has 0 aliphatic rings. The summed E-state index contributed by atoms with van der Waals surface area (Å²) >= 11 is 13.2. The number of benzene rings is 2. The second-order valence-corrected chi connectivity index (χ2v) is 5.46. The van der Waals surface area contributed by atoms with Crippen molar-refractivity contribution in [2.45, 2.75) is 10.6 Å². The standard InChI is InChI=1S/C13H10Cl2FNS/c14-9-4-1-3-8(12(9)16)7-18-13-10(15)5-2-6-11(13)17/h1-6H,7,17H2. The first-order valence-corrected chi connectivity index (χ1v) is 6.93. The van der Waals surface area contributed by atoms with Gasteiger partial charge in [-0.2, -0.15) is 0 Å². The fourth-order valence-electron chi connectivity index (χ4n) is 1.49. The van der Waals surface area contributed by atoms with Crippen LogP contribution in [0.2, 0.25) is 10.0 Å². The van der Waals surface area contributed by atoms with E-state index in [-0.39, 0.29) is 5.02 Å². The molecule has 0 aliphatic carbocycles. The molecular weight excluding hydrogens is 292 g/mol. The second kappa shape index (κ2) is 5.83. The van der Waals surface area contributed by atoms with Gasteiger partial charge in [0.2, 0.25) is 0 Å². The first kappa shape index (κ1) is 13.5. The lowest BCUT2D eigenvalue weighted by atomic mass is 10.2. The Labute approximate surface area is 119 Å². The molecule has 0 saturated heterocycles. The Morgan fingerprint density at radius 2 is 1.72 bits per heavy atom. The third kappa shape index (κ3) is 2.91. The monoisotopic (exact) mass is 301 g/mol. The molecule has 0 unspecified atom stereocenters. The van der Waals surface area contributed by atoms with Crippen LogP contribution in [0.5, 0.6) is 0 Å². The summed E-state index contributed by atoms with van der Waals surface area (Å²) < 4.78 is 13.7. The van der Waals surface area contributed by atoms with Crippen LogP contribution in [0.1, 0.15) is 5.56 Å². The van der Waals surface area contributed by atoms with Gasteiger partial charge in [0.05, 0.1) is 10.0 Å². The van der Waals surface area contributed by atoms with E-state index in [0.717, 1.165) is 4.90 Å². The molecule has 0 fully saturated rings. The van der Waals surface area contributed by atoms with Crippen LogP contribution in [-0.4, -0.2) is 0 Å². The predicted octanol–water partition coefficient (Wildman–Crippen LogP) is 5.01. The molecule has 1 nitrogen and oxygen atoms in total. The zero-order chi connectivity index (χ0) is 13.1. The minimum atomic E-state index is -0.391. The van der Waals surface area contributed by atoms with E-state index in [1.54, 1.807) is 30.3 Å². The molecule has 2 aromatic rings. The fourth-order valence-corrected chi connectivity index (χ4v) is 2.99. The number of nitrogens with two attached hydrogens (primary N) is 1. The van der Waals surface area contributed by atoms with Crippen molar-refractivity contribution in [1.82, 2.24) is 0 Å². The Morgan fingerprint density at radius 3 is 2.44 bits per heavy atom. The Bertz CT molecular complexity index is 555. The molecule has 2 rings (SSSR count). The van der Waals surface area contributed by atoms with Crippen LogP contribution < -0.4 is 5.73 Å². The molecule has 2 aromatic carbocycles. The van der Waals surface area contributed by atoms with E-state index < -0.39 is 5.82 Å². The van der Waals surface area contributed by atoms with Gasteiger partial charge in [0.1, 0.15) is 5.82 Å². The maximum absolute atomic E-state index is 13.7. The lowest BCUT2D eigenvalue weighted by Crippen LogP contribution is -1.92. The van der Waals surface area contributed by atoms with Crippen molar-refractivity contribution in [3.8, 4) is 0 Å². The molecule has 0 aliphatic heterocycles. The molecule has 5 heteroatoms. The minimum absolute atomic E-state index is 0.125. The highest BCUT2D eigenvalue weighted by Crippen LogP contribution is 2.35. The van der Waals surface area contributed by atoms with Gasteiger partial charge in [-0.25, -0.2) is 4.39 Å². The van der Waals surface area contributed by atoms with Crippen LogP contribution in [-0.2, 0) is 5.75 Å². The summed E-state index contributed by atoms with van der Waals surface area (Å²) in [5.74, 6) is 0.0395. The average Bonchev–Trinajstić information content (AvgIpc) is 2.33. The molecule has 0 heterocycles. The van der Waals surface area contributed by atoms with Crippen molar-refractivity contribution in [1.29, 1.82) is 0 Å². The van der Waals surface area contributed by atoms with Crippen molar-refractivity contribution >= 4 is 40.7 Å². The van der Waals surface area contributed by atoms with Crippen molar-refractivity contribution in [2.75, 3.05) is 5.73 Å². The summed E-state index contributed by atoms with van der Waals surface area (Å²) in [6.07, 6.45) is 0. The largest absolute Gasteiger partial charge is 0.398 e. The van der Waals surface area contributed by atoms with Gasteiger partial charge >= 0.3 is 0 Å². The Balaban J connectivity index is 2.19. The summed E-state index contributed by atoms with van der Waals surface area (Å²) in [7, 11) is 0. The zero-order valence-electron chi connectivity index (χ0n) is 9.29. The lowest BCUT2D eigenvalue weighted by molar-refractivity contribution is 0.618. The van der Waals surface area contributed by atoms with Gasteiger partial charge in [0.15, 0.2) is 0 Å². The molecule has 2 N–H and O–H groups in total. The van der Waals surface area contributed by atoms with Gasteiger partial charge in [-0.05, 0) is 23.8 Å². The number of hydrogen-bond acceptors (Lipinski definition) is 2. The first-order valence-electron chi connectivity index (χ1n) is 5.19. The summed E-state index contributed by atoms with van der Waals surface area (Å²) in [6.45, 7) is 0. The molecule has 0 bridgehead atoms. The molecule has 94 valence electrons. The predicted molar refractivity (Wildman–Crippen MR) is 76.8 cm³/mol. The second-order valence-electron chi connectivity index (χ2n) is 3.66. The van der Waals surface area contributed by atoms with E-state index in [1.807, 2.05) is 0 Å². The summed E-state index contributed by atoms with van der Waals surface area (Å²) in [5, 5.41) is 0.697. The maximum atomic E-state index is 13.7. The van der Waals surface area contributed by atoms with E-state index >= 15 is 0 Å². The third-order valence-corrected chi connectivity index (χ3v) is 4.32. The van der Waals surface area contributed by atoms with Crippen LogP contribution >= 0.6 is 35.0 Å². The summed E-state index contributed by atoms with van der Waals surface area (Å²) in [5.41, 5.74) is 6.96. The third-order valence-electron chi connectivity index (χ3n) is 2.40. The molecule has 18 heavy (non-hydrogen) atoms. The number of rotatable bonds is 3. The number of nitrogen functional groups attached to an aromatic ring is 1. The van der Waals surface area contributed by atoms with Gasteiger partial charge in [0.25, 0.3) is 0 Å². The first-order chi connectivity index (χ1) is 8.59. The van der Waals surface area contributed by atoms with Crippen molar-refractivity contribution in [3.63, 3.8) is 0 Å². The highest BCUT2D eigenvalue weighted by Gasteiger charge is 2.09. The Kier molecular flexibility index (Phi) is 4.38. The van der Waals surface area contributed by atoms with Crippen LogP contribution in [0.25, 0.3) is 0 Å². The van der Waals surface area contributed by atoms with E-state index in [2.05, 4.69) is 0 Å². The molecule has 0 aromatic heterocycles. The molecular formula is C13H10Cl2FNS. The minimum Gasteiger partial charge on any atom is -0.398 e. The Hall–Kier alpha value is -0.900. The average molecular weight is 302 g/mol. The van der Waals surface area contributed by atoms with Gasteiger partial charge in [0, 0.05) is 16.3 Å². The normalized spacial score (nSPS) is 10.6. The van der Waals surface area contributed by atoms with Crippen LogP contribution in [0.4, 0.5) is 10.1 Å². The van der Waals surface area contributed by atoms with Gasteiger partial charge in [-0.15, -0.1) is 11.8 Å². The van der Waals surface area contributed by atoms with Crippen LogP contribution in [0.3, 0.4) is 0 Å². The van der Waals surface area contributed by atoms with Crippen molar-refractivity contribution in [2.24, 2.45) is 0 Å². The molecule has 0 radical (unpaired) electrons. The quantitative estimate of drug-likeness (QED) is 0.637. The SMILES string of the molecule is Nc1cccc(Cl)c1SCc1cccc(Cl)c1F. The van der Waals surface area contributed by atoms with Crippen molar-refractivity contribution in [3.05, 3.63) is 57.8 Å². The fraction of sp³-hybridized carbons (Fsp3) is 0.0769. The number of thioether (sulfide) groups is 1. The maximum Gasteiger partial charge on any atom is 0.145 e. The molecule has 0 amide bonds. The molecule has 0 saturated carbocycles. The van der Waals surface area contributed by atoms with Crippen molar-refractivity contribution < 1.29 is 4.39 Å². The number of hydrogen-bond donors (Lipinski definition) is 1. The smallest absolute Gasteiger partial charge is 0.145 e.